The fraction of sp³-hybridized carbons (Fsp3) is 0.125. The third kappa shape index (κ3) is 4.16. The number of carbonyl (C=O) groups is 1. The van der Waals surface area contributed by atoms with Crippen LogP contribution in [0.4, 0.5) is 11.4 Å². The van der Waals surface area contributed by atoms with Gasteiger partial charge in [-0.25, -0.2) is 4.98 Å². The molecule has 0 aliphatic heterocycles. The van der Waals surface area contributed by atoms with Gasteiger partial charge < -0.3 is 10.6 Å². The molecule has 4 nitrogen and oxygen atoms in total. The van der Waals surface area contributed by atoms with Crippen molar-refractivity contribution >= 4 is 33.2 Å². The van der Waals surface area contributed by atoms with Gasteiger partial charge >= 0.3 is 0 Å². The number of amides is 1. The molecule has 0 radical (unpaired) electrons. The summed E-state index contributed by atoms with van der Waals surface area (Å²) in [7, 11) is 0. The molecule has 0 saturated heterocycles. The van der Waals surface area contributed by atoms with Gasteiger partial charge in [-0.3, -0.25) is 4.79 Å². The van der Waals surface area contributed by atoms with E-state index >= 15 is 0 Å². The summed E-state index contributed by atoms with van der Waals surface area (Å²) in [5.74, 6) is -0.235. The summed E-state index contributed by atoms with van der Waals surface area (Å²) in [4.78, 5) is 16.3. The Morgan fingerprint density at radius 3 is 2.71 bits per heavy atom. The first-order valence-corrected chi connectivity index (χ1v) is 7.28. The largest absolute Gasteiger partial charge is 0.380 e. The molecule has 2 aromatic rings. The maximum atomic E-state index is 12.1. The van der Waals surface area contributed by atoms with E-state index in [1.54, 1.807) is 18.3 Å². The number of nitrogens with zero attached hydrogens (tertiary/aromatic N) is 1. The highest BCUT2D eigenvalue weighted by molar-refractivity contribution is 9.10. The summed E-state index contributed by atoms with van der Waals surface area (Å²) in [6.07, 6.45) is 3.39. The van der Waals surface area contributed by atoms with Crippen molar-refractivity contribution in [2.45, 2.75) is 6.92 Å². The first-order valence-electron chi connectivity index (χ1n) is 6.48. The number of benzene rings is 1. The van der Waals surface area contributed by atoms with E-state index in [1.165, 1.54) is 0 Å². The Morgan fingerprint density at radius 2 is 2.10 bits per heavy atom. The van der Waals surface area contributed by atoms with Gasteiger partial charge in [-0.05, 0) is 36.8 Å². The van der Waals surface area contributed by atoms with Crippen molar-refractivity contribution in [3.8, 4) is 0 Å². The highest BCUT2D eigenvalue weighted by Crippen LogP contribution is 2.21. The molecule has 1 heterocycles. The van der Waals surface area contributed by atoms with Gasteiger partial charge in [0.15, 0.2) is 0 Å². The number of aryl methyl sites for hydroxylation is 1. The molecule has 0 saturated carbocycles. The van der Waals surface area contributed by atoms with Crippen LogP contribution in [0.3, 0.4) is 0 Å². The predicted octanol–water partition coefficient (Wildman–Crippen LogP) is 4.00. The van der Waals surface area contributed by atoms with Crippen LogP contribution in [0.25, 0.3) is 0 Å². The van der Waals surface area contributed by atoms with Gasteiger partial charge in [0.1, 0.15) is 5.69 Å². The summed E-state index contributed by atoms with van der Waals surface area (Å²) in [6, 6.07) is 9.17. The topological polar surface area (TPSA) is 54.0 Å². The predicted molar refractivity (Wildman–Crippen MR) is 89.8 cm³/mol. The molecule has 108 valence electrons. The van der Waals surface area contributed by atoms with Crippen LogP contribution in [0.5, 0.6) is 0 Å². The molecule has 5 heteroatoms. The van der Waals surface area contributed by atoms with E-state index in [0.717, 1.165) is 21.4 Å². The molecule has 2 N–H and O–H groups in total. The van der Waals surface area contributed by atoms with Crippen molar-refractivity contribution in [2.75, 3.05) is 17.2 Å². The fourth-order valence-electron chi connectivity index (χ4n) is 1.69. The lowest BCUT2D eigenvalue weighted by Gasteiger charge is -2.07. The molecule has 0 spiro atoms. The summed E-state index contributed by atoms with van der Waals surface area (Å²) in [5.41, 5.74) is 3.07. The number of pyridine rings is 1. The van der Waals surface area contributed by atoms with Crippen LogP contribution in [-0.2, 0) is 0 Å². The van der Waals surface area contributed by atoms with E-state index in [9.17, 15) is 4.79 Å². The Hall–Kier alpha value is -2.14. The number of carbonyl (C=O) groups excluding carboxylic acids is 1. The maximum absolute atomic E-state index is 12.1. The first-order chi connectivity index (χ1) is 10.1. The van der Waals surface area contributed by atoms with Crippen LogP contribution < -0.4 is 10.6 Å². The van der Waals surface area contributed by atoms with Crippen molar-refractivity contribution in [3.05, 3.63) is 64.9 Å². The minimum absolute atomic E-state index is 0.235. The average Bonchev–Trinajstić information content (AvgIpc) is 2.49. The van der Waals surface area contributed by atoms with Gasteiger partial charge in [-0.1, -0.05) is 28.1 Å². The zero-order chi connectivity index (χ0) is 15.2. The maximum Gasteiger partial charge on any atom is 0.274 e. The molecule has 0 unspecified atom stereocenters. The molecule has 0 atom stereocenters. The minimum Gasteiger partial charge on any atom is -0.380 e. The Kier molecular flexibility index (Phi) is 5.11. The van der Waals surface area contributed by atoms with Gasteiger partial charge in [0, 0.05) is 16.7 Å². The van der Waals surface area contributed by atoms with Crippen molar-refractivity contribution in [1.29, 1.82) is 0 Å². The fourth-order valence-corrected chi connectivity index (χ4v) is 2.07. The Bertz CT molecular complexity index is 653. The second-order valence-corrected chi connectivity index (χ2v) is 5.37. The molecule has 1 aromatic heterocycles. The van der Waals surface area contributed by atoms with Crippen LogP contribution in [0.1, 0.15) is 16.1 Å². The smallest absolute Gasteiger partial charge is 0.274 e. The number of nitrogens with one attached hydrogen (secondary N) is 2. The first kappa shape index (κ1) is 15.3. The van der Waals surface area contributed by atoms with E-state index in [1.807, 2.05) is 31.2 Å². The van der Waals surface area contributed by atoms with Gasteiger partial charge in [0.2, 0.25) is 0 Å². The number of hydrogen-bond donors (Lipinski definition) is 2. The van der Waals surface area contributed by atoms with E-state index in [0.29, 0.717) is 12.2 Å². The number of aromatic nitrogens is 1. The quantitative estimate of drug-likeness (QED) is 0.805. The number of anilines is 2. The highest BCUT2D eigenvalue weighted by Gasteiger charge is 2.08. The molecular formula is C16H16BrN3O. The van der Waals surface area contributed by atoms with Crippen LogP contribution in [-0.4, -0.2) is 17.4 Å². The van der Waals surface area contributed by atoms with Crippen LogP contribution in [0.15, 0.2) is 53.7 Å². The lowest BCUT2D eigenvalue weighted by atomic mass is 10.2. The van der Waals surface area contributed by atoms with Crippen LogP contribution in [0, 0.1) is 6.92 Å². The van der Waals surface area contributed by atoms with Crippen molar-refractivity contribution in [2.24, 2.45) is 0 Å². The zero-order valence-corrected chi connectivity index (χ0v) is 13.3. The van der Waals surface area contributed by atoms with E-state index < -0.39 is 0 Å². The van der Waals surface area contributed by atoms with Gasteiger partial charge in [0.25, 0.3) is 5.91 Å². The molecule has 1 amide bonds. The van der Waals surface area contributed by atoms with E-state index in [4.69, 9.17) is 0 Å². The number of rotatable bonds is 5. The van der Waals surface area contributed by atoms with Gasteiger partial charge in [-0.2, -0.15) is 0 Å². The second kappa shape index (κ2) is 7.04. The highest BCUT2D eigenvalue weighted by atomic mass is 79.9. The van der Waals surface area contributed by atoms with E-state index in [-0.39, 0.29) is 5.91 Å². The number of hydrogen-bond acceptors (Lipinski definition) is 3. The molecule has 0 bridgehead atoms. The molecule has 0 aliphatic rings. The SMILES string of the molecule is C=CCNc1ccc(C(=O)Nc2ccc(C)c(Br)c2)nc1. The molecular weight excluding hydrogens is 330 g/mol. The Labute approximate surface area is 132 Å². The Balaban J connectivity index is 2.05. The third-order valence-corrected chi connectivity index (χ3v) is 3.73. The lowest BCUT2D eigenvalue weighted by molar-refractivity contribution is 0.102. The lowest BCUT2D eigenvalue weighted by Crippen LogP contribution is -2.13. The molecule has 1 aromatic carbocycles. The normalized spacial score (nSPS) is 10.0. The zero-order valence-electron chi connectivity index (χ0n) is 11.7. The second-order valence-electron chi connectivity index (χ2n) is 4.52. The summed E-state index contributed by atoms with van der Waals surface area (Å²) >= 11 is 3.44. The molecule has 0 fully saturated rings. The minimum atomic E-state index is -0.235. The van der Waals surface area contributed by atoms with Crippen molar-refractivity contribution in [3.63, 3.8) is 0 Å². The summed E-state index contributed by atoms with van der Waals surface area (Å²) < 4.78 is 0.956. The summed E-state index contributed by atoms with van der Waals surface area (Å²) in [6.45, 7) is 6.28. The van der Waals surface area contributed by atoms with E-state index in [2.05, 4.69) is 38.1 Å². The van der Waals surface area contributed by atoms with Crippen LogP contribution >= 0.6 is 15.9 Å². The average molecular weight is 346 g/mol. The Morgan fingerprint density at radius 1 is 1.33 bits per heavy atom. The molecule has 21 heavy (non-hydrogen) atoms. The van der Waals surface area contributed by atoms with Gasteiger partial charge in [0.05, 0.1) is 11.9 Å². The molecule has 2 rings (SSSR count). The third-order valence-electron chi connectivity index (χ3n) is 2.88. The standard InChI is InChI=1S/C16H16BrN3O/c1-3-8-18-13-6-7-15(19-10-13)16(21)20-12-5-4-11(2)14(17)9-12/h3-7,9-10,18H,1,8H2,2H3,(H,20,21). The number of halogens is 1. The monoisotopic (exact) mass is 345 g/mol. The van der Waals surface area contributed by atoms with Crippen LogP contribution in [0.2, 0.25) is 0 Å². The molecule has 0 aliphatic carbocycles. The summed E-state index contributed by atoms with van der Waals surface area (Å²) in [5, 5.41) is 5.93. The van der Waals surface area contributed by atoms with Crippen molar-refractivity contribution < 1.29 is 4.79 Å². The van der Waals surface area contributed by atoms with Gasteiger partial charge in [-0.15, -0.1) is 6.58 Å². The van der Waals surface area contributed by atoms with Crippen molar-refractivity contribution in [1.82, 2.24) is 4.98 Å².